The Kier molecular flexibility index (Phi) is 5.79. The molecule has 0 aliphatic carbocycles. The minimum atomic E-state index is -0.00458. The highest BCUT2D eigenvalue weighted by Crippen LogP contribution is 2.21. The molecule has 0 bridgehead atoms. The third-order valence-electron chi connectivity index (χ3n) is 2.88. The summed E-state index contributed by atoms with van der Waals surface area (Å²) < 4.78 is 5.79. The summed E-state index contributed by atoms with van der Waals surface area (Å²) in [6, 6.07) is 17.7. The van der Waals surface area contributed by atoms with E-state index in [9.17, 15) is 4.79 Å². The smallest absolute Gasteiger partial charge is 0.216 e. The van der Waals surface area contributed by atoms with Crippen molar-refractivity contribution in [1.29, 1.82) is 0 Å². The fraction of sp³-hybridized carbons (Fsp3) is 0.235. The SMILES string of the molecule is CC(=O)NCCNCc1cccc(Oc2ccccc2)c1. The molecule has 0 heterocycles. The largest absolute Gasteiger partial charge is 0.457 e. The second-order valence-electron chi connectivity index (χ2n) is 4.72. The lowest BCUT2D eigenvalue weighted by Gasteiger charge is -2.09. The lowest BCUT2D eigenvalue weighted by atomic mass is 10.2. The Balaban J connectivity index is 1.82. The highest BCUT2D eigenvalue weighted by molar-refractivity contribution is 5.72. The van der Waals surface area contributed by atoms with E-state index in [1.54, 1.807) is 0 Å². The average Bonchev–Trinajstić information content (AvgIpc) is 2.48. The van der Waals surface area contributed by atoms with E-state index in [1.807, 2.05) is 54.6 Å². The number of para-hydroxylation sites is 1. The maximum Gasteiger partial charge on any atom is 0.216 e. The maximum absolute atomic E-state index is 10.7. The summed E-state index contributed by atoms with van der Waals surface area (Å²) in [4.78, 5) is 10.7. The maximum atomic E-state index is 10.7. The first-order valence-electron chi connectivity index (χ1n) is 7.01. The molecule has 0 aromatic heterocycles. The van der Waals surface area contributed by atoms with E-state index >= 15 is 0 Å². The van der Waals surface area contributed by atoms with Crippen molar-refractivity contribution in [3.63, 3.8) is 0 Å². The minimum absolute atomic E-state index is 0.00458. The van der Waals surface area contributed by atoms with Crippen LogP contribution in [0.25, 0.3) is 0 Å². The van der Waals surface area contributed by atoms with Gasteiger partial charge in [0.1, 0.15) is 11.5 Å². The van der Waals surface area contributed by atoms with Crippen molar-refractivity contribution in [2.24, 2.45) is 0 Å². The minimum Gasteiger partial charge on any atom is -0.457 e. The highest BCUT2D eigenvalue weighted by Gasteiger charge is 1.99. The van der Waals surface area contributed by atoms with E-state index < -0.39 is 0 Å². The van der Waals surface area contributed by atoms with Crippen LogP contribution >= 0.6 is 0 Å². The van der Waals surface area contributed by atoms with Gasteiger partial charge in [-0.15, -0.1) is 0 Å². The summed E-state index contributed by atoms with van der Waals surface area (Å²) >= 11 is 0. The van der Waals surface area contributed by atoms with E-state index in [0.717, 1.165) is 30.2 Å². The standard InChI is InChI=1S/C17H20N2O2/c1-14(20)19-11-10-18-13-15-6-5-9-17(12-15)21-16-7-3-2-4-8-16/h2-9,12,18H,10-11,13H2,1H3,(H,19,20). The molecule has 0 spiro atoms. The molecule has 2 aromatic rings. The Labute approximate surface area is 125 Å². The molecule has 1 amide bonds. The summed E-state index contributed by atoms with van der Waals surface area (Å²) in [6.07, 6.45) is 0. The topological polar surface area (TPSA) is 50.4 Å². The molecule has 2 rings (SSSR count). The normalized spacial score (nSPS) is 10.1. The first-order chi connectivity index (χ1) is 10.2. The molecule has 0 saturated heterocycles. The molecule has 21 heavy (non-hydrogen) atoms. The number of amides is 1. The van der Waals surface area contributed by atoms with Crippen LogP contribution in [-0.4, -0.2) is 19.0 Å². The molecule has 4 nitrogen and oxygen atoms in total. The molecule has 4 heteroatoms. The van der Waals surface area contributed by atoms with Gasteiger partial charge >= 0.3 is 0 Å². The molecule has 2 aromatic carbocycles. The van der Waals surface area contributed by atoms with Crippen molar-refractivity contribution in [1.82, 2.24) is 10.6 Å². The number of carbonyl (C=O) groups is 1. The van der Waals surface area contributed by atoms with Crippen LogP contribution in [0.1, 0.15) is 12.5 Å². The molecule has 0 atom stereocenters. The Hall–Kier alpha value is -2.33. The summed E-state index contributed by atoms with van der Waals surface area (Å²) in [7, 11) is 0. The Bertz CT molecular complexity index is 570. The van der Waals surface area contributed by atoms with Gasteiger partial charge in [-0.2, -0.15) is 0 Å². The van der Waals surface area contributed by atoms with Crippen LogP contribution < -0.4 is 15.4 Å². The summed E-state index contributed by atoms with van der Waals surface area (Å²) in [5.41, 5.74) is 1.14. The van der Waals surface area contributed by atoms with E-state index in [4.69, 9.17) is 4.74 Å². The van der Waals surface area contributed by atoms with Crippen LogP contribution in [0, 0.1) is 0 Å². The molecule has 2 N–H and O–H groups in total. The molecular weight excluding hydrogens is 264 g/mol. The zero-order valence-electron chi connectivity index (χ0n) is 12.1. The predicted octanol–water partition coefficient (Wildman–Crippen LogP) is 2.70. The van der Waals surface area contributed by atoms with Crippen LogP contribution in [-0.2, 0) is 11.3 Å². The van der Waals surface area contributed by atoms with Gasteiger partial charge in [0.25, 0.3) is 0 Å². The van der Waals surface area contributed by atoms with Gasteiger partial charge in [0.2, 0.25) is 5.91 Å². The Morgan fingerprint density at radius 3 is 2.52 bits per heavy atom. The van der Waals surface area contributed by atoms with E-state index in [1.165, 1.54) is 6.92 Å². The highest BCUT2D eigenvalue weighted by atomic mass is 16.5. The monoisotopic (exact) mass is 284 g/mol. The lowest BCUT2D eigenvalue weighted by Crippen LogP contribution is -2.29. The lowest BCUT2D eigenvalue weighted by molar-refractivity contribution is -0.118. The molecule has 0 unspecified atom stereocenters. The fourth-order valence-corrected chi connectivity index (χ4v) is 1.90. The van der Waals surface area contributed by atoms with Gasteiger partial charge in [0, 0.05) is 26.6 Å². The van der Waals surface area contributed by atoms with Crippen molar-refractivity contribution in [3.05, 3.63) is 60.2 Å². The summed E-state index contributed by atoms with van der Waals surface area (Å²) in [5.74, 6) is 1.64. The average molecular weight is 284 g/mol. The van der Waals surface area contributed by atoms with E-state index in [2.05, 4.69) is 10.6 Å². The second kappa shape index (κ2) is 8.07. The number of hydrogen-bond donors (Lipinski definition) is 2. The summed E-state index contributed by atoms with van der Waals surface area (Å²) in [5, 5.41) is 6.03. The Morgan fingerprint density at radius 1 is 1.00 bits per heavy atom. The molecule has 0 aliphatic rings. The number of benzene rings is 2. The van der Waals surface area contributed by atoms with Crippen molar-refractivity contribution >= 4 is 5.91 Å². The summed E-state index contributed by atoms with van der Waals surface area (Å²) in [6.45, 7) is 3.63. The van der Waals surface area contributed by atoms with Crippen molar-refractivity contribution < 1.29 is 9.53 Å². The van der Waals surface area contributed by atoms with Gasteiger partial charge in [-0.25, -0.2) is 0 Å². The van der Waals surface area contributed by atoms with Crippen LogP contribution in [0.4, 0.5) is 0 Å². The third kappa shape index (κ3) is 5.67. The molecule has 0 fully saturated rings. The first-order valence-corrected chi connectivity index (χ1v) is 7.01. The van der Waals surface area contributed by atoms with Crippen molar-refractivity contribution in [2.75, 3.05) is 13.1 Å². The fourth-order valence-electron chi connectivity index (χ4n) is 1.90. The van der Waals surface area contributed by atoms with Crippen molar-refractivity contribution in [2.45, 2.75) is 13.5 Å². The number of ether oxygens (including phenoxy) is 1. The van der Waals surface area contributed by atoms with Crippen LogP contribution in [0.2, 0.25) is 0 Å². The molecular formula is C17H20N2O2. The number of nitrogens with one attached hydrogen (secondary N) is 2. The third-order valence-corrected chi connectivity index (χ3v) is 2.88. The van der Waals surface area contributed by atoms with Gasteiger partial charge in [-0.3, -0.25) is 4.79 Å². The number of hydrogen-bond acceptors (Lipinski definition) is 3. The molecule has 0 aliphatic heterocycles. The van der Waals surface area contributed by atoms with Gasteiger partial charge in [0.15, 0.2) is 0 Å². The zero-order chi connectivity index (χ0) is 14.9. The van der Waals surface area contributed by atoms with Crippen LogP contribution in [0.3, 0.4) is 0 Å². The van der Waals surface area contributed by atoms with Crippen LogP contribution in [0.15, 0.2) is 54.6 Å². The van der Waals surface area contributed by atoms with Gasteiger partial charge in [-0.05, 0) is 29.8 Å². The number of carbonyl (C=O) groups excluding carboxylic acids is 1. The van der Waals surface area contributed by atoms with Gasteiger partial charge in [0.05, 0.1) is 0 Å². The van der Waals surface area contributed by atoms with E-state index in [-0.39, 0.29) is 5.91 Å². The van der Waals surface area contributed by atoms with Crippen LogP contribution in [0.5, 0.6) is 11.5 Å². The number of rotatable bonds is 7. The van der Waals surface area contributed by atoms with Gasteiger partial charge in [-0.1, -0.05) is 30.3 Å². The molecule has 0 saturated carbocycles. The zero-order valence-corrected chi connectivity index (χ0v) is 12.1. The van der Waals surface area contributed by atoms with Gasteiger partial charge < -0.3 is 15.4 Å². The first kappa shape index (κ1) is 15.1. The quantitative estimate of drug-likeness (QED) is 0.769. The Morgan fingerprint density at radius 2 is 1.76 bits per heavy atom. The van der Waals surface area contributed by atoms with E-state index in [0.29, 0.717) is 6.54 Å². The second-order valence-corrected chi connectivity index (χ2v) is 4.72. The molecule has 110 valence electrons. The van der Waals surface area contributed by atoms with Crippen molar-refractivity contribution in [3.8, 4) is 11.5 Å². The predicted molar refractivity (Wildman–Crippen MR) is 83.3 cm³/mol. The molecule has 0 radical (unpaired) electrons.